The number of nitrogens with zero attached hydrogens (tertiary/aromatic N) is 3. The Hall–Kier alpha value is -1.74. The van der Waals surface area contributed by atoms with Crippen LogP contribution >= 0.6 is 11.6 Å². The van der Waals surface area contributed by atoms with Crippen LogP contribution in [0.25, 0.3) is 11.0 Å². The van der Waals surface area contributed by atoms with Crippen LogP contribution in [0.15, 0.2) is 21.7 Å². The molecule has 2 rings (SSSR count). The fraction of sp³-hybridized carbons (Fsp3) is 0.400. The van der Waals surface area contributed by atoms with Gasteiger partial charge in [0.2, 0.25) is 5.52 Å². The highest BCUT2D eigenvalue weighted by atomic mass is 35.5. The molecular weight excluding hydrogens is 310 g/mol. The fourth-order valence-electron chi connectivity index (χ4n) is 1.73. The first-order valence-corrected chi connectivity index (χ1v) is 7.67. The quantitative estimate of drug-likeness (QED) is 0.469. The standard InChI is InChI=1S/C10H10ClN3O5S/c1-6(4-5-11)20(17,18)8-3-2-7(14(15)16)9-10(8)13-19-12-9/h2-3,6H,4-5H2,1H3. The second-order valence-corrected chi connectivity index (χ2v) is 6.85. The zero-order valence-electron chi connectivity index (χ0n) is 10.3. The Labute approximate surface area is 118 Å². The van der Waals surface area contributed by atoms with E-state index in [0.29, 0.717) is 0 Å². The van der Waals surface area contributed by atoms with Gasteiger partial charge in [0.15, 0.2) is 15.4 Å². The first-order chi connectivity index (χ1) is 9.39. The molecular formula is C10H10ClN3O5S. The van der Waals surface area contributed by atoms with Crippen molar-refractivity contribution in [3.05, 3.63) is 22.2 Å². The van der Waals surface area contributed by atoms with Crippen LogP contribution in [0.3, 0.4) is 0 Å². The van der Waals surface area contributed by atoms with Crippen molar-refractivity contribution in [1.82, 2.24) is 10.3 Å². The smallest absolute Gasteiger partial charge is 0.258 e. The summed E-state index contributed by atoms with van der Waals surface area (Å²) in [6.45, 7) is 1.51. The second kappa shape index (κ2) is 5.33. The molecule has 0 amide bonds. The molecule has 1 aromatic heterocycles. The summed E-state index contributed by atoms with van der Waals surface area (Å²) < 4.78 is 29.2. The highest BCUT2D eigenvalue weighted by molar-refractivity contribution is 7.92. The van der Waals surface area contributed by atoms with Crippen molar-refractivity contribution in [2.24, 2.45) is 0 Å². The van der Waals surface area contributed by atoms with Gasteiger partial charge in [-0.05, 0) is 29.7 Å². The molecule has 1 heterocycles. The number of halogens is 1. The molecule has 1 aromatic carbocycles. The van der Waals surface area contributed by atoms with Gasteiger partial charge in [0.25, 0.3) is 0 Å². The number of nitro groups is 1. The predicted molar refractivity (Wildman–Crippen MR) is 70.4 cm³/mol. The molecule has 0 radical (unpaired) electrons. The number of non-ortho nitro benzene ring substituents is 1. The molecule has 0 aliphatic rings. The summed E-state index contributed by atoms with van der Waals surface area (Å²) in [5.41, 5.74) is -0.681. The highest BCUT2D eigenvalue weighted by Crippen LogP contribution is 2.30. The maximum Gasteiger partial charge on any atom is 0.300 e. The Morgan fingerprint density at radius 1 is 1.40 bits per heavy atom. The Morgan fingerprint density at radius 2 is 2.05 bits per heavy atom. The number of fused-ring (bicyclic) bond motifs is 1. The minimum absolute atomic E-state index is 0.138. The largest absolute Gasteiger partial charge is 0.300 e. The van der Waals surface area contributed by atoms with Crippen LogP contribution < -0.4 is 0 Å². The van der Waals surface area contributed by atoms with Gasteiger partial charge in [0.05, 0.1) is 15.1 Å². The number of rotatable bonds is 5. The number of hydrogen-bond donors (Lipinski definition) is 0. The van der Waals surface area contributed by atoms with Crippen LogP contribution in [-0.4, -0.2) is 34.8 Å². The Bertz CT molecular complexity index is 757. The molecule has 0 N–H and O–H groups in total. The van der Waals surface area contributed by atoms with E-state index in [-0.39, 0.29) is 33.9 Å². The fourth-order valence-corrected chi connectivity index (χ4v) is 3.71. The molecule has 0 fully saturated rings. The topological polar surface area (TPSA) is 116 Å². The predicted octanol–water partition coefficient (Wildman–Crippen LogP) is 1.92. The molecule has 0 spiro atoms. The van der Waals surface area contributed by atoms with Crippen molar-refractivity contribution in [3.63, 3.8) is 0 Å². The Balaban J connectivity index is 2.65. The van der Waals surface area contributed by atoms with Gasteiger partial charge in [0.1, 0.15) is 0 Å². The van der Waals surface area contributed by atoms with Crippen molar-refractivity contribution in [3.8, 4) is 0 Å². The lowest BCUT2D eigenvalue weighted by molar-refractivity contribution is -0.383. The van der Waals surface area contributed by atoms with E-state index in [2.05, 4.69) is 14.9 Å². The van der Waals surface area contributed by atoms with Gasteiger partial charge in [-0.2, -0.15) is 0 Å². The van der Waals surface area contributed by atoms with Crippen molar-refractivity contribution in [2.45, 2.75) is 23.5 Å². The Morgan fingerprint density at radius 3 is 2.65 bits per heavy atom. The average molecular weight is 320 g/mol. The summed E-state index contributed by atoms with van der Waals surface area (Å²) >= 11 is 5.55. The number of aromatic nitrogens is 2. The number of hydrogen-bond acceptors (Lipinski definition) is 7. The van der Waals surface area contributed by atoms with Gasteiger partial charge < -0.3 is 0 Å². The molecule has 10 heteroatoms. The molecule has 0 saturated heterocycles. The average Bonchev–Trinajstić information content (AvgIpc) is 2.86. The number of nitro benzene ring substituents is 1. The maximum atomic E-state index is 12.4. The minimum Gasteiger partial charge on any atom is -0.258 e. The van der Waals surface area contributed by atoms with E-state index >= 15 is 0 Å². The SMILES string of the molecule is CC(CCCl)S(=O)(=O)c1ccc([N+](=O)[O-])c2nonc12. The third-order valence-electron chi connectivity index (χ3n) is 2.91. The monoisotopic (exact) mass is 319 g/mol. The van der Waals surface area contributed by atoms with Gasteiger partial charge in [0, 0.05) is 11.9 Å². The van der Waals surface area contributed by atoms with E-state index in [1.165, 1.54) is 6.92 Å². The normalized spacial score (nSPS) is 13.5. The van der Waals surface area contributed by atoms with Crippen molar-refractivity contribution < 1.29 is 18.0 Å². The van der Waals surface area contributed by atoms with Gasteiger partial charge in [-0.1, -0.05) is 0 Å². The molecule has 0 aliphatic carbocycles. The third kappa shape index (κ3) is 2.34. The van der Waals surface area contributed by atoms with Crippen LogP contribution in [0.1, 0.15) is 13.3 Å². The zero-order chi connectivity index (χ0) is 14.9. The summed E-state index contributed by atoms with van der Waals surface area (Å²) in [6, 6.07) is 2.22. The summed E-state index contributed by atoms with van der Waals surface area (Å²) in [6.07, 6.45) is 0.258. The van der Waals surface area contributed by atoms with Crippen molar-refractivity contribution in [2.75, 3.05) is 5.88 Å². The van der Waals surface area contributed by atoms with E-state index in [0.717, 1.165) is 12.1 Å². The van der Waals surface area contributed by atoms with E-state index in [9.17, 15) is 18.5 Å². The van der Waals surface area contributed by atoms with Crippen molar-refractivity contribution in [1.29, 1.82) is 0 Å². The van der Waals surface area contributed by atoms with Gasteiger partial charge >= 0.3 is 5.69 Å². The number of benzene rings is 1. The van der Waals surface area contributed by atoms with Crippen molar-refractivity contribution >= 4 is 38.2 Å². The summed E-state index contributed by atoms with van der Waals surface area (Å²) in [5.74, 6) is 0.188. The van der Waals surface area contributed by atoms with Crippen LogP contribution in [0.5, 0.6) is 0 Å². The van der Waals surface area contributed by atoms with Gasteiger partial charge in [-0.15, -0.1) is 11.6 Å². The number of sulfone groups is 1. The molecule has 0 saturated carbocycles. The summed E-state index contributed by atoms with van der Waals surface area (Å²) in [7, 11) is -3.71. The molecule has 108 valence electrons. The molecule has 0 aliphatic heterocycles. The molecule has 8 nitrogen and oxygen atoms in total. The summed E-state index contributed by atoms with van der Waals surface area (Å²) in [5, 5.41) is 17.0. The first kappa shape index (κ1) is 14.7. The lowest BCUT2D eigenvalue weighted by Crippen LogP contribution is -2.19. The molecule has 0 bridgehead atoms. The second-order valence-electron chi connectivity index (χ2n) is 4.13. The third-order valence-corrected chi connectivity index (χ3v) is 5.36. The van der Waals surface area contributed by atoms with Gasteiger partial charge in [-0.3, -0.25) is 10.1 Å². The van der Waals surface area contributed by atoms with Crippen LogP contribution in [-0.2, 0) is 9.84 Å². The van der Waals surface area contributed by atoms with E-state index in [4.69, 9.17) is 11.6 Å². The highest BCUT2D eigenvalue weighted by Gasteiger charge is 2.30. The van der Waals surface area contributed by atoms with Crippen LogP contribution in [0.4, 0.5) is 5.69 Å². The summed E-state index contributed by atoms with van der Waals surface area (Å²) in [4.78, 5) is 10.0. The first-order valence-electron chi connectivity index (χ1n) is 5.59. The molecule has 2 aromatic rings. The van der Waals surface area contributed by atoms with E-state index in [1.54, 1.807) is 0 Å². The molecule has 1 unspecified atom stereocenters. The Kier molecular flexibility index (Phi) is 3.91. The zero-order valence-corrected chi connectivity index (χ0v) is 11.9. The van der Waals surface area contributed by atoms with Gasteiger partial charge in [-0.25, -0.2) is 13.0 Å². The van der Waals surface area contributed by atoms with Crippen LogP contribution in [0, 0.1) is 10.1 Å². The molecule has 1 atom stereocenters. The lowest BCUT2D eigenvalue weighted by atomic mass is 10.3. The maximum absolute atomic E-state index is 12.4. The minimum atomic E-state index is -3.71. The van der Waals surface area contributed by atoms with E-state index < -0.39 is 20.0 Å². The number of alkyl halides is 1. The van der Waals surface area contributed by atoms with E-state index in [1.807, 2.05) is 0 Å². The molecule has 20 heavy (non-hydrogen) atoms. The lowest BCUT2D eigenvalue weighted by Gasteiger charge is -2.11. The van der Waals surface area contributed by atoms with Crippen LogP contribution in [0.2, 0.25) is 0 Å².